The number of ether oxygens (including phenoxy) is 1. The van der Waals surface area contributed by atoms with E-state index >= 15 is 0 Å². The van der Waals surface area contributed by atoms with Gasteiger partial charge >= 0.3 is 0 Å². The quantitative estimate of drug-likeness (QED) is 0.848. The van der Waals surface area contributed by atoms with Gasteiger partial charge in [0.15, 0.2) is 11.5 Å². The summed E-state index contributed by atoms with van der Waals surface area (Å²) in [5, 5.41) is 13.6. The first-order valence-electron chi connectivity index (χ1n) is 7.60. The first-order chi connectivity index (χ1) is 10.1. The molecule has 3 atom stereocenters. The largest absolute Gasteiger partial charge is 0.504 e. The van der Waals surface area contributed by atoms with Crippen molar-refractivity contribution in [2.45, 2.75) is 50.4 Å². The fourth-order valence-corrected chi connectivity index (χ4v) is 4.26. The lowest BCUT2D eigenvalue weighted by molar-refractivity contribution is 0.368. The van der Waals surface area contributed by atoms with E-state index in [1.54, 1.807) is 19.2 Å². The number of hydrogen-bond acceptors (Lipinski definition) is 4. The molecule has 21 heavy (non-hydrogen) atoms. The summed E-state index contributed by atoms with van der Waals surface area (Å²) in [6, 6.07) is 5.89. The van der Waals surface area contributed by atoms with Crippen molar-refractivity contribution in [3.63, 3.8) is 0 Å². The standard InChI is InChI=1S/C16H25NO3S/c1-3-21(19)14-6-4-5-13(10-14)17-11-12-7-8-16(20-2)15(18)9-12/h7-9,13-14,17-18H,3-6,10-11H2,1-2H3/t13-,14-,21+/m0/s1. The first kappa shape index (κ1) is 16.3. The van der Waals surface area contributed by atoms with Crippen LogP contribution in [0.5, 0.6) is 11.5 Å². The van der Waals surface area contributed by atoms with Gasteiger partial charge in [-0.05, 0) is 37.0 Å². The SMILES string of the molecule is CC[S@@](=O)[C@H]1CCC[C@H](NCc2ccc(OC)c(O)c2)C1. The fourth-order valence-electron chi connectivity index (χ4n) is 2.91. The molecule has 1 aromatic carbocycles. The fraction of sp³-hybridized carbons (Fsp3) is 0.625. The third kappa shape index (κ3) is 4.45. The maximum Gasteiger partial charge on any atom is 0.160 e. The van der Waals surface area contributed by atoms with E-state index in [0.717, 1.165) is 37.0 Å². The number of rotatable bonds is 6. The molecule has 0 radical (unpaired) electrons. The molecular formula is C16H25NO3S. The highest BCUT2D eigenvalue weighted by Crippen LogP contribution is 2.27. The zero-order valence-corrected chi connectivity index (χ0v) is 13.6. The lowest BCUT2D eigenvalue weighted by Crippen LogP contribution is -2.37. The molecule has 2 rings (SSSR count). The van der Waals surface area contributed by atoms with Crippen LogP contribution >= 0.6 is 0 Å². The van der Waals surface area contributed by atoms with E-state index < -0.39 is 10.8 Å². The molecular weight excluding hydrogens is 286 g/mol. The smallest absolute Gasteiger partial charge is 0.160 e. The molecule has 1 aliphatic carbocycles. The van der Waals surface area contributed by atoms with E-state index in [9.17, 15) is 9.32 Å². The molecule has 0 bridgehead atoms. The third-order valence-electron chi connectivity index (χ3n) is 4.12. The topological polar surface area (TPSA) is 58.6 Å². The van der Waals surface area contributed by atoms with Crippen LogP contribution in [-0.2, 0) is 17.3 Å². The molecule has 0 spiro atoms. The van der Waals surface area contributed by atoms with Gasteiger partial charge in [-0.2, -0.15) is 0 Å². The molecule has 0 heterocycles. The number of aromatic hydroxyl groups is 1. The minimum absolute atomic E-state index is 0.172. The Bertz CT molecular complexity index is 492. The van der Waals surface area contributed by atoms with Crippen molar-refractivity contribution in [1.82, 2.24) is 5.32 Å². The van der Waals surface area contributed by atoms with Crippen molar-refractivity contribution in [3.8, 4) is 11.5 Å². The van der Waals surface area contributed by atoms with Crippen LogP contribution in [0.25, 0.3) is 0 Å². The van der Waals surface area contributed by atoms with Crippen molar-refractivity contribution in [2.24, 2.45) is 0 Å². The average molecular weight is 311 g/mol. The van der Waals surface area contributed by atoms with Gasteiger partial charge in [0.1, 0.15) is 0 Å². The van der Waals surface area contributed by atoms with Gasteiger partial charge in [-0.15, -0.1) is 0 Å². The van der Waals surface area contributed by atoms with E-state index in [-0.39, 0.29) is 5.75 Å². The maximum absolute atomic E-state index is 11.9. The van der Waals surface area contributed by atoms with Gasteiger partial charge in [0.25, 0.3) is 0 Å². The second kappa shape index (κ2) is 7.80. The Morgan fingerprint density at radius 1 is 1.43 bits per heavy atom. The van der Waals surface area contributed by atoms with Crippen LogP contribution in [0.4, 0.5) is 0 Å². The van der Waals surface area contributed by atoms with Crippen molar-refractivity contribution in [3.05, 3.63) is 23.8 Å². The van der Waals surface area contributed by atoms with E-state index in [2.05, 4.69) is 5.32 Å². The minimum Gasteiger partial charge on any atom is -0.504 e. The molecule has 1 saturated carbocycles. The number of benzene rings is 1. The van der Waals surface area contributed by atoms with Crippen LogP contribution in [0, 0.1) is 0 Å². The van der Waals surface area contributed by atoms with E-state index in [1.807, 2.05) is 13.0 Å². The number of hydrogen-bond donors (Lipinski definition) is 2. The van der Waals surface area contributed by atoms with Crippen LogP contribution in [0.2, 0.25) is 0 Å². The Balaban J connectivity index is 1.87. The Kier molecular flexibility index (Phi) is 6.06. The number of phenols is 1. The van der Waals surface area contributed by atoms with E-state index in [4.69, 9.17) is 4.74 Å². The van der Waals surface area contributed by atoms with Crippen LogP contribution in [-0.4, -0.2) is 33.5 Å². The molecule has 0 aromatic heterocycles. The highest BCUT2D eigenvalue weighted by Gasteiger charge is 2.25. The number of nitrogens with one attached hydrogen (secondary N) is 1. The Labute approximate surface area is 129 Å². The monoisotopic (exact) mass is 311 g/mol. The predicted octanol–water partition coefficient (Wildman–Crippen LogP) is 2.57. The second-order valence-electron chi connectivity index (χ2n) is 5.54. The van der Waals surface area contributed by atoms with E-state index in [1.165, 1.54) is 0 Å². The van der Waals surface area contributed by atoms with Gasteiger partial charge in [-0.3, -0.25) is 4.21 Å². The molecule has 0 unspecified atom stereocenters. The molecule has 1 aromatic rings. The van der Waals surface area contributed by atoms with Gasteiger partial charge in [0, 0.05) is 34.4 Å². The zero-order valence-electron chi connectivity index (χ0n) is 12.8. The number of phenolic OH excluding ortho intramolecular Hbond substituents is 1. The lowest BCUT2D eigenvalue weighted by atomic mass is 9.95. The average Bonchev–Trinajstić information content (AvgIpc) is 2.52. The minimum atomic E-state index is -0.687. The van der Waals surface area contributed by atoms with Crippen LogP contribution < -0.4 is 10.1 Å². The molecule has 0 aliphatic heterocycles. The highest BCUT2D eigenvalue weighted by molar-refractivity contribution is 7.85. The van der Waals surface area contributed by atoms with Gasteiger partial charge in [-0.1, -0.05) is 19.4 Å². The molecule has 4 nitrogen and oxygen atoms in total. The maximum atomic E-state index is 11.9. The zero-order chi connectivity index (χ0) is 15.2. The first-order valence-corrected chi connectivity index (χ1v) is 8.98. The normalized spacial score (nSPS) is 23.7. The summed E-state index contributed by atoms with van der Waals surface area (Å²) in [6.45, 7) is 2.71. The van der Waals surface area contributed by atoms with Crippen LogP contribution in [0.1, 0.15) is 38.2 Å². The summed E-state index contributed by atoms with van der Waals surface area (Å²) >= 11 is 0. The molecule has 1 fully saturated rings. The second-order valence-corrected chi connectivity index (χ2v) is 7.55. The van der Waals surface area contributed by atoms with Gasteiger partial charge in [-0.25, -0.2) is 0 Å². The van der Waals surface area contributed by atoms with Crippen molar-refractivity contribution >= 4 is 10.8 Å². The van der Waals surface area contributed by atoms with Crippen molar-refractivity contribution in [1.29, 1.82) is 0 Å². The lowest BCUT2D eigenvalue weighted by Gasteiger charge is -2.29. The molecule has 5 heteroatoms. The van der Waals surface area contributed by atoms with E-state index in [0.29, 0.717) is 23.6 Å². The third-order valence-corrected chi connectivity index (χ3v) is 5.86. The summed E-state index contributed by atoms with van der Waals surface area (Å²) in [6.07, 6.45) is 4.35. The summed E-state index contributed by atoms with van der Waals surface area (Å²) in [7, 11) is 0.858. The predicted molar refractivity (Wildman–Crippen MR) is 86.2 cm³/mol. The molecule has 2 N–H and O–H groups in total. The van der Waals surface area contributed by atoms with Gasteiger partial charge < -0.3 is 15.2 Å². The van der Waals surface area contributed by atoms with Gasteiger partial charge in [0.05, 0.1) is 7.11 Å². The Morgan fingerprint density at radius 3 is 2.90 bits per heavy atom. The summed E-state index contributed by atoms with van der Waals surface area (Å²) in [5.74, 6) is 1.42. The van der Waals surface area contributed by atoms with Crippen molar-refractivity contribution < 1.29 is 14.1 Å². The molecule has 1 aliphatic rings. The summed E-state index contributed by atoms with van der Waals surface area (Å²) in [4.78, 5) is 0. The van der Waals surface area contributed by atoms with Crippen LogP contribution in [0.3, 0.4) is 0 Å². The van der Waals surface area contributed by atoms with Crippen molar-refractivity contribution in [2.75, 3.05) is 12.9 Å². The molecule has 0 amide bonds. The molecule has 118 valence electrons. The summed E-state index contributed by atoms with van der Waals surface area (Å²) in [5.41, 5.74) is 1.03. The summed E-state index contributed by atoms with van der Waals surface area (Å²) < 4.78 is 17.0. The van der Waals surface area contributed by atoms with Crippen LogP contribution in [0.15, 0.2) is 18.2 Å². The Morgan fingerprint density at radius 2 is 2.24 bits per heavy atom. The molecule has 0 saturated heterocycles. The van der Waals surface area contributed by atoms with Gasteiger partial charge in [0.2, 0.25) is 0 Å². The Hall–Kier alpha value is -1.07. The highest BCUT2D eigenvalue weighted by atomic mass is 32.2. The number of methoxy groups -OCH3 is 1.